The lowest BCUT2D eigenvalue weighted by Crippen LogP contribution is -2.62. The number of halogens is 2. The Labute approximate surface area is 278 Å². The molecule has 1 saturated heterocycles. The number of carbonyl (C=O) groups excluding carboxylic acids is 1. The van der Waals surface area contributed by atoms with Crippen molar-refractivity contribution in [2.24, 2.45) is 28.1 Å². The minimum Gasteiger partial charge on any atom is -0.370 e. The van der Waals surface area contributed by atoms with Crippen LogP contribution in [0.25, 0.3) is 10.8 Å². The normalized spacial score (nSPS) is 20.3. The first-order valence-electron chi connectivity index (χ1n) is 16.5. The third kappa shape index (κ3) is 9.58. The maximum atomic E-state index is 14.2. The number of rotatable bonds is 12. The van der Waals surface area contributed by atoms with Gasteiger partial charge in [-0.3, -0.25) is 14.7 Å². The van der Waals surface area contributed by atoms with Crippen LogP contribution < -0.4 is 17.2 Å². The van der Waals surface area contributed by atoms with Crippen molar-refractivity contribution in [1.29, 1.82) is 0 Å². The lowest BCUT2D eigenvalue weighted by atomic mass is 9.83. The highest BCUT2D eigenvalue weighted by molar-refractivity contribution is 6.35. The van der Waals surface area contributed by atoms with Gasteiger partial charge in [-0.15, -0.1) is 0 Å². The van der Waals surface area contributed by atoms with E-state index in [1.165, 1.54) is 42.9 Å². The van der Waals surface area contributed by atoms with Gasteiger partial charge in [-0.2, -0.15) is 0 Å². The smallest absolute Gasteiger partial charge is 0.227 e. The zero-order chi connectivity index (χ0) is 31.8. The fraction of sp³-hybridized carbons (Fsp3) is 0.500. The van der Waals surface area contributed by atoms with Gasteiger partial charge < -0.3 is 22.1 Å². The summed E-state index contributed by atoms with van der Waals surface area (Å²) in [5, 5.41) is 3.62. The van der Waals surface area contributed by atoms with E-state index in [9.17, 15) is 4.79 Å². The molecule has 45 heavy (non-hydrogen) atoms. The SMILES string of the molecule is NC(N)=NCCCC1CN(C(=O)Cc2ccc3ccccc3c2)C(CC2CCCCC2)CN1CC(N)Cc1ccc(Cl)cc1Cl. The van der Waals surface area contributed by atoms with Gasteiger partial charge in [-0.1, -0.05) is 104 Å². The highest BCUT2D eigenvalue weighted by Gasteiger charge is 2.37. The van der Waals surface area contributed by atoms with E-state index in [2.05, 4.69) is 45.1 Å². The monoisotopic (exact) mass is 650 g/mol. The Bertz CT molecular complexity index is 1450. The van der Waals surface area contributed by atoms with Crippen LogP contribution in [0.15, 0.2) is 65.7 Å². The lowest BCUT2D eigenvalue weighted by Gasteiger charge is -2.48. The molecule has 1 saturated carbocycles. The van der Waals surface area contributed by atoms with E-state index in [1.54, 1.807) is 6.07 Å². The van der Waals surface area contributed by atoms with Crippen LogP contribution >= 0.6 is 23.2 Å². The van der Waals surface area contributed by atoms with Crippen molar-refractivity contribution in [2.75, 3.05) is 26.2 Å². The van der Waals surface area contributed by atoms with E-state index in [4.69, 9.17) is 40.4 Å². The quantitative estimate of drug-likeness (QED) is 0.123. The van der Waals surface area contributed by atoms with Crippen LogP contribution in [0.2, 0.25) is 10.0 Å². The maximum Gasteiger partial charge on any atom is 0.227 e. The Balaban J connectivity index is 1.35. The standard InChI is InChI=1S/C36H48Cl2N6O/c37-30-15-14-29(34(38)21-30)20-31(39)22-43-23-33(18-25-7-2-1-3-8-25)44(24-32(43)11-6-16-42-36(40)41)35(45)19-26-12-13-27-9-4-5-10-28(27)17-26/h4-5,9-10,12-15,17,21,25,31-33H,1-3,6-8,11,16,18-20,22-24,39H2,(H4,40,41,42). The summed E-state index contributed by atoms with van der Waals surface area (Å²) in [6, 6.07) is 20.5. The first-order chi connectivity index (χ1) is 21.7. The Morgan fingerprint density at radius 1 is 0.933 bits per heavy atom. The van der Waals surface area contributed by atoms with E-state index < -0.39 is 0 Å². The fourth-order valence-corrected chi connectivity index (χ4v) is 7.80. The number of hydrogen-bond acceptors (Lipinski definition) is 4. The molecule has 0 bridgehead atoms. The molecule has 2 fully saturated rings. The average molecular weight is 652 g/mol. The minimum atomic E-state index is -0.112. The van der Waals surface area contributed by atoms with Crippen LogP contribution in [0.1, 0.15) is 62.5 Å². The zero-order valence-corrected chi connectivity index (χ0v) is 27.7. The number of hydrogen-bond donors (Lipinski definition) is 3. The Kier molecular flexibility index (Phi) is 12.0. The molecule has 2 aliphatic rings. The molecule has 1 heterocycles. The Morgan fingerprint density at radius 3 is 2.47 bits per heavy atom. The Hall–Kier alpha value is -2.84. The van der Waals surface area contributed by atoms with Crippen molar-refractivity contribution in [3.8, 4) is 0 Å². The molecule has 3 aromatic rings. The Morgan fingerprint density at radius 2 is 1.71 bits per heavy atom. The summed E-state index contributed by atoms with van der Waals surface area (Å²) in [7, 11) is 0. The van der Waals surface area contributed by atoms with E-state index >= 15 is 0 Å². The molecule has 1 aliphatic carbocycles. The summed E-state index contributed by atoms with van der Waals surface area (Å²) in [6.45, 7) is 2.78. The summed E-state index contributed by atoms with van der Waals surface area (Å²) in [6.07, 6.45) is 10.2. The molecule has 6 N–H and O–H groups in total. The molecular formula is C36H48Cl2N6O. The summed E-state index contributed by atoms with van der Waals surface area (Å²) in [4.78, 5) is 23.1. The van der Waals surface area contributed by atoms with Crippen molar-refractivity contribution in [3.63, 3.8) is 0 Å². The molecule has 1 aliphatic heterocycles. The molecule has 5 rings (SSSR count). The van der Waals surface area contributed by atoms with E-state index in [1.807, 2.05) is 24.3 Å². The molecule has 1 amide bonds. The molecule has 242 valence electrons. The van der Waals surface area contributed by atoms with E-state index in [-0.39, 0.29) is 30.0 Å². The van der Waals surface area contributed by atoms with Gasteiger partial charge in [0.1, 0.15) is 0 Å². The number of aliphatic imine (C=N–C) groups is 1. The van der Waals surface area contributed by atoms with Crippen LogP contribution in [-0.2, 0) is 17.6 Å². The van der Waals surface area contributed by atoms with Crippen molar-refractivity contribution in [1.82, 2.24) is 9.80 Å². The first kappa shape index (κ1) is 33.5. The molecule has 0 radical (unpaired) electrons. The summed E-state index contributed by atoms with van der Waals surface area (Å²) in [5.41, 5.74) is 20.1. The van der Waals surface area contributed by atoms with Gasteiger partial charge in [0, 0.05) is 54.3 Å². The summed E-state index contributed by atoms with van der Waals surface area (Å²) in [5.74, 6) is 0.968. The number of nitrogens with zero attached hydrogens (tertiary/aromatic N) is 3. The fourth-order valence-electron chi connectivity index (χ4n) is 7.32. The number of guanidine groups is 1. The van der Waals surface area contributed by atoms with Crippen molar-refractivity contribution in [3.05, 3.63) is 81.8 Å². The minimum absolute atomic E-state index is 0.108. The van der Waals surface area contributed by atoms with Gasteiger partial charge in [-0.05, 0) is 65.6 Å². The van der Waals surface area contributed by atoms with E-state index in [0.29, 0.717) is 41.9 Å². The number of amides is 1. The number of nitrogens with two attached hydrogens (primary N) is 3. The van der Waals surface area contributed by atoms with Gasteiger partial charge >= 0.3 is 0 Å². The molecule has 9 heteroatoms. The topological polar surface area (TPSA) is 114 Å². The highest BCUT2D eigenvalue weighted by Crippen LogP contribution is 2.32. The van der Waals surface area contributed by atoms with E-state index in [0.717, 1.165) is 43.5 Å². The van der Waals surface area contributed by atoms with Crippen LogP contribution in [0.3, 0.4) is 0 Å². The number of fused-ring (bicyclic) bond motifs is 1. The van der Waals surface area contributed by atoms with Crippen LogP contribution in [0.4, 0.5) is 0 Å². The lowest BCUT2D eigenvalue weighted by molar-refractivity contribution is -0.138. The second-order valence-corrected chi connectivity index (χ2v) is 13.9. The number of carbonyl (C=O) groups is 1. The second-order valence-electron chi connectivity index (χ2n) is 13.1. The largest absolute Gasteiger partial charge is 0.370 e. The molecule has 3 atom stereocenters. The predicted molar refractivity (Wildman–Crippen MR) is 188 cm³/mol. The first-order valence-corrected chi connectivity index (χ1v) is 17.3. The summed E-state index contributed by atoms with van der Waals surface area (Å²) >= 11 is 12.6. The molecule has 0 aromatic heterocycles. The molecule has 7 nitrogen and oxygen atoms in total. The third-order valence-corrected chi connectivity index (χ3v) is 10.2. The molecule has 0 spiro atoms. The highest BCUT2D eigenvalue weighted by atomic mass is 35.5. The summed E-state index contributed by atoms with van der Waals surface area (Å²) < 4.78 is 0. The number of piperazine rings is 1. The van der Waals surface area contributed by atoms with Crippen molar-refractivity contribution >= 4 is 45.8 Å². The van der Waals surface area contributed by atoms with Crippen LogP contribution in [0, 0.1) is 5.92 Å². The van der Waals surface area contributed by atoms with Gasteiger partial charge in [0.2, 0.25) is 5.91 Å². The number of benzene rings is 3. The van der Waals surface area contributed by atoms with Crippen molar-refractivity contribution in [2.45, 2.75) is 82.3 Å². The second kappa shape index (κ2) is 16.1. The molecule has 3 unspecified atom stereocenters. The predicted octanol–water partition coefficient (Wildman–Crippen LogP) is 6.16. The molecular weight excluding hydrogens is 603 g/mol. The van der Waals surface area contributed by atoms with Gasteiger partial charge in [0.15, 0.2) is 5.96 Å². The van der Waals surface area contributed by atoms with Crippen LogP contribution in [-0.4, -0.2) is 66.0 Å². The zero-order valence-electron chi connectivity index (χ0n) is 26.2. The van der Waals surface area contributed by atoms with Gasteiger partial charge in [0.25, 0.3) is 0 Å². The van der Waals surface area contributed by atoms with Crippen LogP contribution in [0.5, 0.6) is 0 Å². The molecule has 3 aromatic carbocycles. The maximum absolute atomic E-state index is 14.2. The van der Waals surface area contributed by atoms with Crippen molar-refractivity contribution < 1.29 is 4.79 Å². The third-order valence-electron chi connectivity index (χ3n) is 9.59. The van der Waals surface area contributed by atoms with Gasteiger partial charge in [0.05, 0.1) is 6.42 Å². The average Bonchev–Trinajstić information content (AvgIpc) is 3.02. The van der Waals surface area contributed by atoms with Gasteiger partial charge in [-0.25, -0.2) is 0 Å².